The lowest BCUT2D eigenvalue weighted by molar-refractivity contribution is -0.318. The molecule has 2 aliphatic heterocycles. The van der Waals surface area contributed by atoms with Gasteiger partial charge in [-0.05, 0) is 57.2 Å². The predicted molar refractivity (Wildman–Crippen MR) is 166 cm³/mol. The van der Waals surface area contributed by atoms with Crippen LogP contribution in [0.15, 0.2) is 23.5 Å². The van der Waals surface area contributed by atoms with Gasteiger partial charge in [0.1, 0.15) is 46.9 Å². The first-order chi connectivity index (χ1) is 23.0. The number of hydrogen-bond acceptors (Lipinski definition) is 15. The summed E-state index contributed by atoms with van der Waals surface area (Å²) in [6.07, 6.45) is -11.0. The molecule has 0 spiro atoms. The first-order valence-electron chi connectivity index (χ1n) is 16.0. The van der Waals surface area contributed by atoms with Crippen molar-refractivity contribution in [2.24, 2.45) is 5.92 Å². The monoisotopic (exact) mass is 688 g/mol. The predicted octanol–water partition coefficient (Wildman–Crippen LogP) is 1.11. The zero-order valence-electron chi connectivity index (χ0n) is 27.4. The molecule has 2 fully saturated rings. The molecule has 49 heavy (non-hydrogen) atoms. The van der Waals surface area contributed by atoms with Gasteiger partial charge in [0.2, 0.25) is 5.78 Å². The number of fused-ring (bicyclic) bond motifs is 3. The van der Waals surface area contributed by atoms with Gasteiger partial charge in [-0.2, -0.15) is 0 Å². The second kappa shape index (κ2) is 12.6. The molecule has 0 aromatic heterocycles. The van der Waals surface area contributed by atoms with Gasteiger partial charge in [0.05, 0.1) is 35.4 Å². The van der Waals surface area contributed by atoms with E-state index in [1.54, 1.807) is 6.92 Å². The van der Waals surface area contributed by atoms with Gasteiger partial charge in [-0.1, -0.05) is 0 Å². The SMILES string of the molecule is COC1C(=O)C(C(C)=O)=C(O)C2(OC3CC(OC4CC(O)C(O)C(C)O4)C(O)C(C)O3)C(=O)c3c(cc4cc(O)c(C)c(O)c4c3O)CC12. The number of methoxy groups -OCH3 is 1. The molecule has 0 radical (unpaired) electrons. The Labute approximate surface area is 280 Å². The van der Waals surface area contributed by atoms with Gasteiger partial charge in [0.15, 0.2) is 29.7 Å². The van der Waals surface area contributed by atoms with E-state index in [2.05, 4.69) is 0 Å². The van der Waals surface area contributed by atoms with Crippen molar-refractivity contribution in [1.82, 2.24) is 0 Å². The Morgan fingerprint density at radius 2 is 1.59 bits per heavy atom. The molecule has 266 valence electrons. The highest BCUT2D eigenvalue weighted by Gasteiger charge is 2.65. The van der Waals surface area contributed by atoms with E-state index in [1.165, 1.54) is 33.1 Å². The minimum Gasteiger partial charge on any atom is -0.508 e. The van der Waals surface area contributed by atoms with Gasteiger partial charge in [0.25, 0.3) is 0 Å². The van der Waals surface area contributed by atoms with Crippen molar-refractivity contribution in [2.75, 3.05) is 7.11 Å². The number of aromatic hydroxyl groups is 3. The normalized spacial score (nSPS) is 36.5. The molecule has 11 unspecified atom stereocenters. The van der Waals surface area contributed by atoms with E-state index in [1.807, 2.05) is 0 Å². The summed E-state index contributed by atoms with van der Waals surface area (Å²) in [5, 5.41) is 76.0. The number of rotatable bonds is 6. The van der Waals surface area contributed by atoms with E-state index in [4.69, 9.17) is 23.7 Å². The van der Waals surface area contributed by atoms with E-state index in [0.29, 0.717) is 0 Å². The minimum absolute atomic E-state index is 0.0340. The van der Waals surface area contributed by atoms with E-state index in [-0.39, 0.29) is 52.5 Å². The van der Waals surface area contributed by atoms with Gasteiger partial charge in [0, 0.05) is 31.4 Å². The number of ketones is 3. The summed E-state index contributed by atoms with van der Waals surface area (Å²) in [5.41, 5.74) is -3.43. The van der Waals surface area contributed by atoms with Crippen molar-refractivity contribution in [3.05, 3.63) is 40.2 Å². The fourth-order valence-electron chi connectivity index (χ4n) is 7.59. The van der Waals surface area contributed by atoms with E-state index in [0.717, 1.165) is 6.92 Å². The number of aliphatic hydroxyl groups excluding tert-OH is 4. The molecule has 11 atom stereocenters. The summed E-state index contributed by atoms with van der Waals surface area (Å²) in [4.78, 5) is 41.3. The molecular weight excluding hydrogens is 648 g/mol. The standard InChI is InChI=1S/C34H40O15/c1-11-18(36)8-16-6-15-7-17-31(45-5)30(42)23(12(2)35)32(43)34(17,33(44)25(15)29(41)24(16)26(11)38)49-22-10-20(28(40)14(4)47-22)48-21-9-19(37)27(39)13(3)46-21/h6,8,13-14,17,19-22,27-28,31,36-41,43H,7,9-10H2,1-5H3. The Morgan fingerprint density at radius 1 is 0.939 bits per heavy atom. The Kier molecular flexibility index (Phi) is 9.03. The Morgan fingerprint density at radius 3 is 2.22 bits per heavy atom. The van der Waals surface area contributed by atoms with Crippen LogP contribution in [0.5, 0.6) is 17.2 Å². The first kappa shape index (κ1) is 35.2. The first-order valence-corrected chi connectivity index (χ1v) is 16.0. The highest BCUT2D eigenvalue weighted by Crippen LogP contribution is 2.53. The van der Waals surface area contributed by atoms with Crippen molar-refractivity contribution >= 4 is 28.1 Å². The number of benzene rings is 2. The maximum absolute atomic E-state index is 14.9. The fourth-order valence-corrected chi connectivity index (χ4v) is 7.59. The van der Waals surface area contributed by atoms with Crippen LogP contribution in [-0.4, -0.2) is 121 Å². The summed E-state index contributed by atoms with van der Waals surface area (Å²) in [6, 6.07) is 2.76. The smallest absolute Gasteiger partial charge is 0.207 e. The largest absolute Gasteiger partial charge is 0.508 e. The molecule has 2 aromatic carbocycles. The highest BCUT2D eigenvalue weighted by molar-refractivity contribution is 6.25. The van der Waals surface area contributed by atoms with Gasteiger partial charge < -0.3 is 59.4 Å². The number of aliphatic hydroxyl groups is 4. The molecule has 2 heterocycles. The van der Waals surface area contributed by atoms with Crippen LogP contribution in [-0.2, 0) is 39.7 Å². The van der Waals surface area contributed by atoms with Gasteiger partial charge >= 0.3 is 0 Å². The zero-order chi connectivity index (χ0) is 35.9. The molecule has 2 aromatic rings. The lowest BCUT2D eigenvalue weighted by atomic mass is 9.62. The second-order valence-electron chi connectivity index (χ2n) is 13.3. The second-order valence-corrected chi connectivity index (χ2v) is 13.3. The molecule has 7 N–H and O–H groups in total. The Bertz CT molecular complexity index is 1740. The molecule has 0 saturated carbocycles. The minimum atomic E-state index is -2.55. The van der Waals surface area contributed by atoms with Crippen molar-refractivity contribution in [2.45, 2.75) is 108 Å². The number of ether oxygens (including phenoxy) is 5. The Hall–Kier alpha value is -3.67. The highest BCUT2D eigenvalue weighted by atomic mass is 16.7. The number of hydrogen-bond donors (Lipinski definition) is 7. The molecule has 2 aliphatic carbocycles. The topological polar surface area (TPSA) is 239 Å². The lowest BCUT2D eigenvalue weighted by Crippen LogP contribution is -2.65. The van der Waals surface area contributed by atoms with Crippen LogP contribution in [0.3, 0.4) is 0 Å². The average molecular weight is 689 g/mol. The third kappa shape index (κ3) is 5.40. The molecule has 4 aliphatic rings. The maximum Gasteiger partial charge on any atom is 0.207 e. The van der Waals surface area contributed by atoms with Crippen LogP contribution in [0.2, 0.25) is 0 Å². The number of carbonyl (C=O) groups is 3. The van der Waals surface area contributed by atoms with E-state index < -0.39 is 107 Å². The molecule has 15 nitrogen and oxygen atoms in total. The van der Waals surface area contributed by atoms with Crippen molar-refractivity contribution in [1.29, 1.82) is 0 Å². The summed E-state index contributed by atoms with van der Waals surface area (Å²) in [7, 11) is 1.19. The van der Waals surface area contributed by atoms with Gasteiger partial charge in [-0.15, -0.1) is 0 Å². The van der Waals surface area contributed by atoms with Crippen molar-refractivity contribution in [3.63, 3.8) is 0 Å². The van der Waals surface area contributed by atoms with E-state index in [9.17, 15) is 50.1 Å². The average Bonchev–Trinajstić information content (AvgIpc) is 3.02. The van der Waals surface area contributed by atoms with Crippen LogP contribution in [0, 0.1) is 12.8 Å². The summed E-state index contributed by atoms with van der Waals surface area (Å²) in [5.74, 6) is -6.59. The summed E-state index contributed by atoms with van der Waals surface area (Å²) in [6.45, 7) is 5.49. The molecule has 6 rings (SSSR count). The van der Waals surface area contributed by atoms with Crippen molar-refractivity contribution in [3.8, 4) is 17.2 Å². The van der Waals surface area contributed by atoms with Gasteiger partial charge in [-0.3, -0.25) is 14.4 Å². The molecular formula is C34H40O15. The summed E-state index contributed by atoms with van der Waals surface area (Å²) >= 11 is 0. The molecule has 0 amide bonds. The lowest BCUT2D eigenvalue weighted by Gasteiger charge is -2.50. The third-order valence-electron chi connectivity index (χ3n) is 10.2. The maximum atomic E-state index is 14.9. The van der Waals surface area contributed by atoms with Crippen molar-refractivity contribution < 1.29 is 73.8 Å². The summed E-state index contributed by atoms with van der Waals surface area (Å²) < 4.78 is 29.6. The van der Waals surface area contributed by atoms with Crippen LogP contribution in [0.25, 0.3) is 10.8 Å². The quantitative estimate of drug-likeness (QED) is 0.210. The molecule has 2 saturated heterocycles. The third-order valence-corrected chi connectivity index (χ3v) is 10.2. The zero-order valence-corrected chi connectivity index (χ0v) is 27.4. The fraction of sp³-hybridized carbons (Fsp3) is 0.559. The number of Topliss-reactive ketones (excluding diaryl/α,β-unsaturated/α-hetero) is 3. The van der Waals surface area contributed by atoms with Gasteiger partial charge in [-0.25, -0.2) is 0 Å². The number of phenolic OH excluding ortho intramolecular Hbond substituents is 3. The molecule has 15 heteroatoms. The molecule has 0 bridgehead atoms. The van der Waals surface area contributed by atoms with Crippen LogP contribution in [0.4, 0.5) is 0 Å². The van der Waals surface area contributed by atoms with Crippen LogP contribution < -0.4 is 0 Å². The van der Waals surface area contributed by atoms with E-state index >= 15 is 0 Å². The van der Waals surface area contributed by atoms with Crippen LogP contribution in [0.1, 0.15) is 55.1 Å². The number of phenols is 3. The van der Waals surface area contributed by atoms with Crippen LogP contribution >= 0.6 is 0 Å². The number of carbonyl (C=O) groups excluding carboxylic acids is 3. The Balaban J connectivity index is 1.47.